The van der Waals surface area contributed by atoms with Crippen LogP contribution in [0.2, 0.25) is 0 Å². The zero-order chi connectivity index (χ0) is 16.2. The van der Waals surface area contributed by atoms with Crippen LogP contribution in [0.25, 0.3) is 22.4 Å². The first-order chi connectivity index (χ1) is 11.0. The molecule has 1 heterocycles. The number of carbonyl (C=O) groups excluding carboxylic acids is 1. The standard InChI is InChI=1S/C19H15NO3/c1-19(2)13-10-14-15(8-12(13)9-16(19)21)23-18(22)17(20-14)11-6-4-3-5-7-11/h3-8,10H,9H2,1-2H3. The van der Waals surface area contributed by atoms with Crippen molar-refractivity contribution < 1.29 is 9.21 Å². The van der Waals surface area contributed by atoms with Crippen LogP contribution in [-0.4, -0.2) is 10.8 Å². The number of Topliss-reactive ketones (excluding diaryl/α,β-unsaturated/α-hetero) is 1. The maximum absolute atomic E-state index is 12.2. The molecule has 0 saturated heterocycles. The molecular weight excluding hydrogens is 290 g/mol. The van der Waals surface area contributed by atoms with Gasteiger partial charge in [-0.3, -0.25) is 4.79 Å². The summed E-state index contributed by atoms with van der Waals surface area (Å²) in [6.45, 7) is 3.84. The summed E-state index contributed by atoms with van der Waals surface area (Å²) in [7, 11) is 0. The van der Waals surface area contributed by atoms with Crippen LogP contribution in [0.1, 0.15) is 25.0 Å². The molecule has 4 rings (SSSR count). The van der Waals surface area contributed by atoms with Gasteiger partial charge in [0.15, 0.2) is 11.3 Å². The van der Waals surface area contributed by atoms with Crippen molar-refractivity contribution in [1.29, 1.82) is 0 Å². The quantitative estimate of drug-likeness (QED) is 0.692. The molecule has 0 fully saturated rings. The monoisotopic (exact) mass is 305 g/mol. The Hall–Kier alpha value is -2.75. The molecule has 1 aliphatic rings. The first-order valence-corrected chi connectivity index (χ1v) is 7.54. The number of hydrogen-bond donors (Lipinski definition) is 0. The van der Waals surface area contributed by atoms with Crippen LogP contribution in [-0.2, 0) is 16.6 Å². The number of benzene rings is 2. The third kappa shape index (κ3) is 2.02. The summed E-state index contributed by atoms with van der Waals surface area (Å²) in [5, 5.41) is 0. The Morgan fingerprint density at radius 1 is 1.09 bits per heavy atom. The number of ketones is 1. The van der Waals surface area contributed by atoms with E-state index in [0.29, 0.717) is 23.2 Å². The van der Waals surface area contributed by atoms with Crippen molar-refractivity contribution in [3.63, 3.8) is 0 Å². The molecule has 1 aliphatic carbocycles. The minimum atomic E-state index is -0.520. The highest BCUT2D eigenvalue weighted by Gasteiger charge is 2.38. The molecule has 4 nitrogen and oxygen atoms in total. The first kappa shape index (κ1) is 13.9. The van der Waals surface area contributed by atoms with Gasteiger partial charge in [-0.15, -0.1) is 0 Å². The van der Waals surface area contributed by atoms with Gasteiger partial charge in [0.2, 0.25) is 0 Å². The largest absolute Gasteiger partial charge is 0.419 e. The molecule has 114 valence electrons. The summed E-state index contributed by atoms with van der Waals surface area (Å²) in [6.07, 6.45) is 0.377. The smallest absolute Gasteiger partial charge is 0.363 e. The van der Waals surface area contributed by atoms with Crippen LogP contribution in [0, 0.1) is 0 Å². The maximum atomic E-state index is 12.2. The average molecular weight is 305 g/mol. The fraction of sp³-hybridized carbons (Fsp3) is 0.211. The van der Waals surface area contributed by atoms with E-state index in [-0.39, 0.29) is 5.78 Å². The molecule has 4 heteroatoms. The molecule has 23 heavy (non-hydrogen) atoms. The predicted octanol–water partition coefficient (Wildman–Crippen LogP) is 3.26. The number of aromatic nitrogens is 1. The zero-order valence-corrected chi connectivity index (χ0v) is 12.9. The Morgan fingerprint density at radius 3 is 2.57 bits per heavy atom. The van der Waals surface area contributed by atoms with E-state index in [1.54, 1.807) is 6.07 Å². The second-order valence-corrected chi connectivity index (χ2v) is 6.42. The zero-order valence-electron chi connectivity index (χ0n) is 12.9. The number of nitrogens with zero attached hydrogens (tertiary/aromatic N) is 1. The molecule has 1 aromatic heterocycles. The van der Waals surface area contributed by atoms with Crippen LogP contribution in [0.5, 0.6) is 0 Å². The highest BCUT2D eigenvalue weighted by atomic mass is 16.4. The van der Waals surface area contributed by atoms with E-state index in [0.717, 1.165) is 16.7 Å². The summed E-state index contributed by atoms with van der Waals surface area (Å²) in [6, 6.07) is 12.9. The van der Waals surface area contributed by atoms with E-state index in [9.17, 15) is 9.59 Å². The fourth-order valence-corrected chi connectivity index (χ4v) is 3.14. The predicted molar refractivity (Wildman–Crippen MR) is 87.5 cm³/mol. The van der Waals surface area contributed by atoms with Gasteiger partial charge in [-0.05, 0) is 37.1 Å². The number of hydrogen-bond acceptors (Lipinski definition) is 4. The van der Waals surface area contributed by atoms with Gasteiger partial charge >= 0.3 is 5.63 Å². The second kappa shape index (κ2) is 4.62. The Balaban J connectivity index is 1.99. The van der Waals surface area contributed by atoms with Gasteiger partial charge in [0.25, 0.3) is 0 Å². The van der Waals surface area contributed by atoms with Crippen LogP contribution in [0.15, 0.2) is 51.7 Å². The lowest BCUT2D eigenvalue weighted by Crippen LogP contribution is -2.23. The summed E-state index contributed by atoms with van der Waals surface area (Å²) in [5.74, 6) is 0.174. The normalized spacial score (nSPS) is 15.8. The highest BCUT2D eigenvalue weighted by molar-refractivity contribution is 5.97. The van der Waals surface area contributed by atoms with E-state index in [2.05, 4.69) is 4.98 Å². The van der Waals surface area contributed by atoms with Crippen molar-refractivity contribution >= 4 is 16.9 Å². The molecule has 0 bridgehead atoms. The lowest BCUT2D eigenvalue weighted by molar-refractivity contribution is -0.121. The van der Waals surface area contributed by atoms with Crippen molar-refractivity contribution in [3.8, 4) is 11.3 Å². The molecule has 0 radical (unpaired) electrons. The molecule has 0 aliphatic heterocycles. The molecule has 0 spiro atoms. The van der Waals surface area contributed by atoms with Crippen molar-refractivity contribution in [1.82, 2.24) is 4.98 Å². The summed E-state index contributed by atoms with van der Waals surface area (Å²) in [4.78, 5) is 28.9. The van der Waals surface area contributed by atoms with Gasteiger partial charge in [0, 0.05) is 17.4 Å². The highest BCUT2D eigenvalue weighted by Crippen LogP contribution is 2.37. The molecule has 3 aromatic rings. The summed E-state index contributed by atoms with van der Waals surface area (Å²) < 4.78 is 5.45. The molecule has 2 aromatic carbocycles. The van der Waals surface area contributed by atoms with E-state index < -0.39 is 11.0 Å². The lowest BCUT2D eigenvalue weighted by atomic mass is 9.85. The molecule has 0 saturated carbocycles. The Kier molecular flexibility index (Phi) is 2.79. The van der Waals surface area contributed by atoms with Gasteiger partial charge in [-0.25, -0.2) is 9.78 Å². The number of rotatable bonds is 1. The maximum Gasteiger partial charge on any atom is 0.363 e. The van der Waals surface area contributed by atoms with Gasteiger partial charge in [0.1, 0.15) is 11.3 Å². The second-order valence-electron chi connectivity index (χ2n) is 6.42. The van der Waals surface area contributed by atoms with Gasteiger partial charge in [-0.1, -0.05) is 30.3 Å². The first-order valence-electron chi connectivity index (χ1n) is 7.54. The van der Waals surface area contributed by atoms with Gasteiger partial charge in [0.05, 0.1) is 0 Å². The van der Waals surface area contributed by atoms with E-state index in [1.807, 2.05) is 50.2 Å². The van der Waals surface area contributed by atoms with Gasteiger partial charge < -0.3 is 4.42 Å². The molecular formula is C19H15NO3. The van der Waals surface area contributed by atoms with Crippen LogP contribution >= 0.6 is 0 Å². The number of fused-ring (bicyclic) bond motifs is 2. The molecule has 0 N–H and O–H groups in total. The Bertz CT molecular complexity index is 1000. The van der Waals surface area contributed by atoms with Crippen LogP contribution < -0.4 is 5.63 Å². The average Bonchev–Trinajstić information content (AvgIpc) is 2.75. The SMILES string of the molecule is CC1(C)C(=O)Cc2cc3oc(=O)c(-c4ccccc4)nc3cc21. The minimum absolute atomic E-state index is 0.174. The molecule has 0 unspecified atom stereocenters. The Morgan fingerprint density at radius 2 is 1.83 bits per heavy atom. The molecule has 0 atom stereocenters. The van der Waals surface area contributed by atoms with Gasteiger partial charge in [-0.2, -0.15) is 0 Å². The van der Waals surface area contributed by atoms with E-state index in [1.165, 1.54) is 0 Å². The molecule has 0 amide bonds. The van der Waals surface area contributed by atoms with Crippen LogP contribution in [0.3, 0.4) is 0 Å². The summed E-state index contributed by atoms with van der Waals surface area (Å²) >= 11 is 0. The summed E-state index contributed by atoms with van der Waals surface area (Å²) in [5.41, 5.74) is 2.95. The van der Waals surface area contributed by atoms with Crippen molar-refractivity contribution in [2.45, 2.75) is 25.7 Å². The third-order valence-corrected chi connectivity index (χ3v) is 4.58. The fourth-order valence-electron chi connectivity index (χ4n) is 3.14. The third-order valence-electron chi connectivity index (χ3n) is 4.58. The Labute approximate surface area is 132 Å². The van der Waals surface area contributed by atoms with Crippen molar-refractivity contribution in [2.75, 3.05) is 0 Å². The van der Waals surface area contributed by atoms with Crippen molar-refractivity contribution in [3.05, 3.63) is 64.0 Å². The van der Waals surface area contributed by atoms with Crippen molar-refractivity contribution in [2.24, 2.45) is 0 Å². The van der Waals surface area contributed by atoms with E-state index >= 15 is 0 Å². The minimum Gasteiger partial charge on any atom is -0.419 e. The lowest BCUT2D eigenvalue weighted by Gasteiger charge is -2.17. The number of carbonyl (C=O) groups is 1. The van der Waals surface area contributed by atoms with Crippen LogP contribution in [0.4, 0.5) is 0 Å². The van der Waals surface area contributed by atoms with E-state index in [4.69, 9.17) is 4.42 Å². The topological polar surface area (TPSA) is 60.2 Å².